The van der Waals surface area contributed by atoms with Gasteiger partial charge in [0.15, 0.2) is 0 Å². The fourth-order valence-electron chi connectivity index (χ4n) is 1.16. The molecule has 0 bridgehead atoms. The Labute approximate surface area is 101 Å². The molecule has 0 spiro atoms. The van der Waals surface area contributed by atoms with E-state index in [0.29, 0.717) is 17.3 Å². The van der Waals surface area contributed by atoms with Crippen molar-refractivity contribution >= 4 is 27.3 Å². The second kappa shape index (κ2) is 5.52. The molecule has 90 valence electrons. The lowest BCUT2D eigenvalue weighted by Crippen LogP contribution is -2.24. The maximum absolute atomic E-state index is 11.6. The molecule has 0 saturated carbocycles. The van der Waals surface area contributed by atoms with Crippen molar-refractivity contribution in [1.82, 2.24) is 5.32 Å². The average Bonchev–Trinajstić information content (AvgIpc) is 2.20. The predicted octanol–water partition coefficient (Wildman–Crippen LogP) is 1.61. The zero-order valence-corrected chi connectivity index (χ0v) is 10.8. The van der Waals surface area contributed by atoms with E-state index in [9.17, 15) is 8.42 Å². The van der Waals surface area contributed by atoms with E-state index < -0.39 is 10.0 Å². The van der Waals surface area contributed by atoms with Crippen molar-refractivity contribution < 1.29 is 8.42 Å². The van der Waals surface area contributed by atoms with Gasteiger partial charge in [0.25, 0.3) is 0 Å². The van der Waals surface area contributed by atoms with Crippen LogP contribution in [0.15, 0.2) is 18.2 Å². The first kappa shape index (κ1) is 13.3. The molecule has 0 aliphatic carbocycles. The predicted molar refractivity (Wildman–Crippen MR) is 67.5 cm³/mol. The van der Waals surface area contributed by atoms with Gasteiger partial charge in [0.05, 0.1) is 11.4 Å². The average molecular weight is 263 g/mol. The van der Waals surface area contributed by atoms with Crippen LogP contribution < -0.4 is 10.0 Å². The molecular formula is C10H15ClN2O2S. The third kappa shape index (κ3) is 4.00. The zero-order valence-electron chi connectivity index (χ0n) is 9.25. The fraction of sp³-hybridized carbons (Fsp3) is 0.400. The first-order chi connectivity index (χ1) is 7.44. The molecule has 4 nitrogen and oxygen atoms in total. The second-order valence-electron chi connectivity index (χ2n) is 3.48. The van der Waals surface area contributed by atoms with Crippen LogP contribution in [0.5, 0.6) is 0 Å². The van der Waals surface area contributed by atoms with Gasteiger partial charge in [0.2, 0.25) is 10.0 Å². The largest absolute Gasteiger partial charge is 0.319 e. The van der Waals surface area contributed by atoms with Gasteiger partial charge in [0.1, 0.15) is 0 Å². The van der Waals surface area contributed by atoms with Crippen molar-refractivity contribution in [2.75, 3.05) is 24.1 Å². The van der Waals surface area contributed by atoms with E-state index in [0.717, 1.165) is 5.56 Å². The summed E-state index contributed by atoms with van der Waals surface area (Å²) in [6, 6.07) is 5.11. The summed E-state index contributed by atoms with van der Waals surface area (Å²) < 4.78 is 25.8. The summed E-state index contributed by atoms with van der Waals surface area (Å²) in [5.74, 6) is 0.0372. The minimum Gasteiger partial charge on any atom is -0.319 e. The number of sulfonamides is 1. The van der Waals surface area contributed by atoms with Gasteiger partial charge in [-0.2, -0.15) is 0 Å². The molecule has 6 heteroatoms. The van der Waals surface area contributed by atoms with Crippen LogP contribution in [0.1, 0.15) is 5.56 Å². The minimum atomic E-state index is -3.31. The molecule has 0 aliphatic rings. The summed E-state index contributed by atoms with van der Waals surface area (Å²) in [5.41, 5.74) is 1.38. The Morgan fingerprint density at radius 2 is 2.06 bits per heavy atom. The molecule has 16 heavy (non-hydrogen) atoms. The molecule has 0 aromatic heterocycles. The van der Waals surface area contributed by atoms with E-state index in [2.05, 4.69) is 10.0 Å². The summed E-state index contributed by atoms with van der Waals surface area (Å²) in [7, 11) is -1.60. The molecular weight excluding hydrogens is 248 g/mol. The second-order valence-corrected chi connectivity index (χ2v) is 5.76. The monoisotopic (exact) mass is 262 g/mol. The number of nitrogens with one attached hydrogen (secondary N) is 2. The first-order valence-corrected chi connectivity index (χ1v) is 6.89. The van der Waals surface area contributed by atoms with E-state index in [1.54, 1.807) is 25.2 Å². The van der Waals surface area contributed by atoms with Crippen molar-refractivity contribution in [3.8, 4) is 0 Å². The topological polar surface area (TPSA) is 58.2 Å². The number of anilines is 1. The number of rotatable bonds is 5. The van der Waals surface area contributed by atoms with Crippen LogP contribution >= 0.6 is 11.6 Å². The molecule has 1 rings (SSSR count). The third-order valence-corrected chi connectivity index (χ3v) is 3.59. The van der Waals surface area contributed by atoms with Gasteiger partial charge in [-0.3, -0.25) is 4.72 Å². The highest BCUT2D eigenvalue weighted by atomic mass is 35.5. The molecule has 0 atom stereocenters. The van der Waals surface area contributed by atoms with Gasteiger partial charge >= 0.3 is 0 Å². The van der Waals surface area contributed by atoms with Crippen LogP contribution in [0, 0.1) is 6.92 Å². The number of hydrogen-bond acceptors (Lipinski definition) is 3. The number of hydrogen-bond donors (Lipinski definition) is 2. The highest BCUT2D eigenvalue weighted by Crippen LogP contribution is 2.21. The summed E-state index contributed by atoms with van der Waals surface area (Å²) >= 11 is 5.80. The molecule has 1 aromatic rings. The number of aryl methyl sites for hydroxylation is 1. The molecule has 0 fully saturated rings. The van der Waals surface area contributed by atoms with Crippen molar-refractivity contribution in [3.63, 3.8) is 0 Å². The van der Waals surface area contributed by atoms with Gasteiger partial charge in [-0.05, 0) is 31.7 Å². The van der Waals surface area contributed by atoms with Crippen LogP contribution in [0.3, 0.4) is 0 Å². The molecule has 0 saturated heterocycles. The van der Waals surface area contributed by atoms with Crippen LogP contribution in [0.4, 0.5) is 5.69 Å². The lowest BCUT2D eigenvalue weighted by molar-refractivity contribution is 0.598. The van der Waals surface area contributed by atoms with Crippen molar-refractivity contribution in [2.24, 2.45) is 0 Å². The van der Waals surface area contributed by atoms with Gasteiger partial charge in [-0.15, -0.1) is 0 Å². The Balaban J connectivity index is 2.83. The van der Waals surface area contributed by atoms with Crippen LogP contribution in [-0.2, 0) is 10.0 Å². The Hall–Kier alpha value is -0.780. The molecule has 2 N–H and O–H groups in total. The van der Waals surface area contributed by atoms with Crippen molar-refractivity contribution in [1.29, 1.82) is 0 Å². The van der Waals surface area contributed by atoms with Crippen LogP contribution in [-0.4, -0.2) is 27.8 Å². The van der Waals surface area contributed by atoms with E-state index >= 15 is 0 Å². The molecule has 0 radical (unpaired) electrons. The van der Waals surface area contributed by atoms with E-state index in [1.807, 2.05) is 6.92 Å². The smallest absolute Gasteiger partial charge is 0.233 e. The quantitative estimate of drug-likeness (QED) is 0.848. The lowest BCUT2D eigenvalue weighted by atomic mass is 10.2. The van der Waals surface area contributed by atoms with E-state index in [1.165, 1.54) is 0 Å². The fourth-order valence-corrected chi connectivity index (χ4v) is 2.46. The standard InChI is InChI=1S/C10H15ClN2O2S/c1-8-3-4-9(11)7-10(8)13-16(14,15)6-5-12-2/h3-4,7,12-13H,5-6H2,1-2H3. The minimum absolute atomic E-state index is 0.0372. The highest BCUT2D eigenvalue weighted by Gasteiger charge is 2.11. The Morgan fingerprint density at radius 3 is 2.69 bits per heavy atom. The molecule has 1 aromatic carbocycles. The van der Waals surface area contributed by atoms with Crippen LogP contribution in [0.2, 0.25) is 5.02 Å². The molecule has 0 unspecified atom stereocenters. The Bertz CT molecular complexity index is 460. The molecule has 0 amide bonds. The molecule has 0 aliphatic heterocycles. The summed E-state index contributed by atoms with van der Waals surface area (Å²) in [5, 5.41) is 3.30. The maximum Gasteiger partial charge on any atom is 0.233 e. The van der Waals surface area contributed by atoms with Gasteiger partial charge in [0, 0.05) is 11.6 Å². The number of benzene rings is 1. The van der Waals surface area contributed by atoms with Gasteiger partial charge < -0.3 is 5.32 Å². The first-order valence-electron chi connectivity index (χ1n) is 4.86. The maximum atomic E-state index is 11.6. The normalized spacial score (nSPS) is 11.4. The summed E-state index contributed by atoms with van der Waals surface area (Å²) in [6.45, 7) is 2.24. The highest BCUT2D eigenvalue weighted by molar-refractivity contribution is 7.92. The van der Waals surface area contributed by atoms with E-state index in [-0.39, 0.29) is 5.75 Å². The van der Waals surface area contributed by atoms with Crippen molar-refractivity contribution in [3.05, 3.63) is 28.8 Å². The summed E-state index contributed by atoms with van der Waals surface area (Å²) in [6.07, 6.45) is 0. The Morgan fingerprint density at radius 1 is 1.38 bits per heavy atom. The lowest BCUT2D eigenvalue weighted by Gasteiger charge is -2.10. The third-order valence-electron chi connectivity index (χ3n) is 2.09. The summed E-state index contributed by atoms with van der Waals surface area (Å²) in [4.78, 5) is 0. The van der Waals surface area contributed by atoms with E-state index in [4.69, 9.17) is 11.6 Å². The van der Waals surface area contributed by atoms with Crippen LogP contribution in [0.25, 0.3) is 0 Å². The SMILES string of the molecule is CNCCS(=O)(=O)Nc1cc(Cl)ccc1C. The van der Waals surface area contributed by atoms with Gasteiger partial charge in [-0.25, -0.2) is 8.42 Å². The zero-order chi connectivity index (χ0) is 12.2. The molecule has 0 heterocycles. The number of halogens is 1. The van der Waals surface area contributed by atoms with Gasteiger partial charge in [-0.1, -0.05) is 17.7 Å². The Kier molecular flexibility index (Phi) is 4.58. The van der Waals surface area contributed by atoms with Crippen molar-refractivity contribution in [2.45, 2.75) is 6.92 Å².